The molecule has 6 nitrogen and oxygen atoms in total. The highest BCUT2D eigenvalue weighted by Gasteiger charge is 2.32. The molecule has 1 saturated heterocycles. The lowest BCUT2D eigenvalue weighted by atomic mass is 10.0. The number of hydrogen-bond acceptors (Lipinski definition) is 5. The maximum absolute atomic E-state index is 12.5. The maximum Gasteiger partial charge on any atom is 0.265 e. The van der Waals surface area contributed by atoms with Crippen molar-refractivity contribution in [2.24, 2.45) is 0 Å². The van der Waals surface area contributed by atoms with Crippen LogP contribution in [0, 0.1) is 6.92 Å². The van der Waals surface area contributed by atoms with E-state index < -0.39 is 11.8 Å². The molecule has 24 heavy (non-hydrogen) atoms. The summed E-state index contributed by atoms with van der Waals surface area (Å²) in [4.78, 5) is 26.0. The molecule has 0 saturated carbocycles. The molecule has 2 rings (SSSR count). The second-order valence-electron chi connectivity index (χ2n) is 5.04. The van der Waals surface area contributed by atoms with Gasteiger partial charge >= 0.3 is 0 Å². The van der Waals surface area contributed by atoms with Crippen molar-refractivity contribution in [1.29, 1.82) is 0 Å². The largest absolute Gasteiger partial charge is 0.496 e. The topological polar surface area (TPSA) is 67.9 Å². The van der Waals surface area contributed by atoms with Gasteiger partial charge < -0.3 is 9.47 Å². The fraction of sp³-hybridized carbons (Fsp3) is 0.235. The van der Waals surface area contributed by atoms with Gasteiger partial charge in [-0.25, -0.2) is 0 Å². The van der Waals surface area contributed by atoms with Gasteiger partial charge in [-0.15, -0.1) is 6.58 Å². The fourth-order valence-corrected chi connectivity index (χ4v) is 2.69. The van der Waals surface area contributed by atoms with Crippen LogP contribution in [0.5, 0.6) is 11.5 Å². The van der Waals surface area contributed by atoms with Gasteiger partial charge in [-0.3, -0.25) is 19.8 Å². The lowest BCUT2D eigenvalue weighted by Crippen LogP contribution is -2.53. The van der Waals surface area contributed by atoms with Crippen LogP contribution in [0.2, 0.25) is 0 Å². The van der Waals surface area contributed by atoms with Crippen LogP contribution in [0.15, 0.2) is 30.4 Å². The second-order valence-corrected chi connectivity index (χ2v) is 5.42. The minimum absolute atomic E-state index is 0.0201. The van der Waals surface area contributed by atoms with Gasteiger partial charge in [0, 0.05) is 17.7 Å². The molecule has 1 fully saturated rings. The van der Waals surface area contributed by atoms with Crippen LogP contribution >= 0.6 is 12.2 Å². The summed E-state index contributed by atoms with van der Waals surface area (Å²) in [6, 6.07) is 3.48. The van der Waals surface area contributed by atoms with E-state index in [4.69, 9.17) is 21.7 Å². The van der Waals surface area contributed by atoms with Gasteiger partial charge in [0.15, 0.2) is 5.11 Å². The van der Waals surface area contributed by atoms with E-state index in [1.165, 1.54) is 24.2 Å². The van der Waals surface area contributed by atoms with Gasteiger partial charge in [-0.05, 0) is 37.4 Å². The van der Waals surface area contributed by atoms with Gasteiger partial charge in [0.05, 0.1) is 14.2 Å². The molecular weight excluding hydrogens is 328 g/mol. The summed E-state index contributed by atoms with van der Waals surface area (Å²) in [5, 5.41) is 2.57. The number of methoxy groups -OCH3 is 2. The zero-order valence-electron chi connectivity index (χ0n) is 13.7. The molecule has 0 bridgehead atoms. The van der Waals surface area contributed by atoms with Crippen molar-refractivity contribution in [3.05, 3.63) is 41.5 Å². The number of nitrogens with zero attached hydrogens (tertiary/aromatic N) is 1. The SMILES string of the molecule is C=CCN1C(=O)/C(=C/c2ccc(OC)c(C)c2OC)C(=O)NC1=S. The first kappa shape index (κ1) is 17.7. The molecule has 0 aromatic heterocycles. The second kappa shape index (κ2) is 7.27. The van der Waals surface area contributed by atoms with E-state index in [-0.39, 0.29) is 17.2 Å². The predicted molar refractivity (Wildman–Crippen MR) is 94.9 cm³/mol. The number of carbonyl (C=O) groups excluding carboxylic acids is 2. The summed E-state index contributed by atoms with van der Waals surface area (Å²) in [7, 11) is 3.08. The third-order valence-corrected chi connectivity index (χ3v) is 3.93. The predicted octanol–water partition coefficient (Wildman–Crippen LogP) is 1.82. The standard InChI is InChI=1S/C17H18N2O4S/c1-5-8-19-16(21)12(15(20)18-17(19)24)9-11-6-7-13(22-3)10(2)14(11)23-4/h5-7,9H,1,8H2,2-4H3,(H,18,20,24)/b12-9+. The van der Waals surface area contributed by atoms with Crippen LogP contribution in [0.1, 0.15) is 11.1 Å². The molecule has 126 valence electrons. The number of carbonyl (C=O) groups is 2. The molecule has 2 amide bonds. The highest BCUT2D eigenvalue weighted by atomic mass is 32.1. The lowest BCUT2D eigenvalue weighted by Gasteiger charge is -2.28. The van der Waals surface area contributed by atoms with Crippen molar-refractivity contribution in [1.82, 2.24) is 10.2 Å². The number of ether oxygens (including phenoxy) is 2. The highest BCUT2D eigenvalue weighted by Crippen LogP contribution is 2.33. The van der Waals surface area contributed by atoms with E-state index in [1.807, 2.05) is 6.92 Å². The van der Waals surface area contributed by atoms with E-state index in [0.29, 0.717) is 17.1 Å². The van der Waals surface area contributed by atoms with Crippen molar-refractivity contribution in [3.63, 3.8) is 0 Å². The monoisotopic (exact) mass is 346 g/mol. The molecule has 0 spiro atoms. The van der Waals surface area contributed by atoms with Gasteiger partial charge in [-0.1, -0.05) is 6.08 Å². The molecule has 7 heteroatoms. The summed E-state index contributed by atoms with van der Waals surface area (Å²) in [6.07, 6.45) is 3.03. The fourth-order valence-electron chi connectivity index (χ4n) is 2.44. The Bertz CT molecular complexity index is 755. The Hall–Kier alpha value is -2.67. The summed E-state index contributed by atoms with van der Waals surface area (Å²) >= 11 is 5.02. The van der Waals surface area contributed by atoms with Crippen molar-refractivity contribution >= 4 is 35.2 Å². The van der Waals surface area contributed by atoms with E-state index in [0.717, 1.165) is 5.56 Å². The molecule has 0 atom stereocenters. The first-order valence-corrected chi connectivity index (χ1v) is 7.56. The molecule has 1 heterocycles. The van der Waals surface area contributed by atoms with Gasteiger partial charge in [-0.2, -0.15) is 0 Å². The first-order valence-electron chi connectivity index (χ1n) is 7.16. The van der Waals surface area contributed by atoms with Crippen LogP contribution in [0.3, 0.4) is 0 Å². The van der Waals surface area contributed by atoms with E-state index >= 15 is 0 Å². The molecular formula is C17H18N2O4S. The Morgan fingerprint density at radius 2 is 2.00 bits per heavy atom. The number of amides is 2. The Kier molecular flexibility index (Phi) is 5.35. The number of thiocarbonyl (C=S) groups is 1. The molecule has 0 radical (unpaired) electrons. The van der Waals surface area contributed by atoms with Gasteiger partial charge in [0.2, 0.25) is 0 Å². The lowest BCUT2D eigenvalue weighted by molar-refractivity contribution is -0.128. The first-order chi connectivity index (χ1) is 11.4. The third kappa shape index (κ3) is 3.16. The van der Waals surface area contributed by atoms with Crippen molar-refractivity contribution in [3.8, 4) is 11.5 Å². The van der Waals surface area contributed by atoms with Crippen LogP contribution in [-0.4, -0.2) is 42.6 Å². The van der Waals surface area contributed by atoms with Crippen molar-refractivity contribution in [2.75, 3.05) is 20.8 Å². The molecule has 0 unspecified atom stereocenters. The Balaban J connectivity index is 2.51. The van der Waals surface area contributed by atoms with Gasteiger partial charge in [0.25, 0.3) is 11.8 Å². The van der Waals surface area contributed by atoms with Crippen molar-refractivity contribution in [2.45, 2.75) is 6.92 Å². The maximum atomic E-state index is 12.5. The van der Waals surface area contributed by atoms with E-state index in [2.05, 4.69) is 11.9 Å². The summed E-state index contributed by atoms with van der Waals surface area (Å²) in [5.74, 6) is 0.175. The zero-order valence-corrected chi connectivity index (χ0v) is 14.5. The average Bonchev–Trinajstić information content (AvgIpc) is 2.55. The van der Waals surface area contributed by atoms with E-state index in [9.17, 15) is 9.59 Å². The number of hydrogen-bond donors (Lipinski definition) is 1. The molecule has 1 aliphatic heterocycles. The molecule has 0 aliphatic carbocycles. The van der Waals surface area contributed by atoms with E-state index in [1.54, 1.807) is 19.2 Å². The number of nitrogens with one attached hydrogen (secondary N) is 1. The zero-order chi connectivity index (χ0) is 17.9. The van der Waals surface area contributed by atoms with Crippen LogP contribution in [0.25, 0.3) is 6.08 Å². The number of benzene rings is 1. The summed E-state index contributed by atoms with van der Waals surface area (Å²) in [5.41, 5.74) is 1.35. The molecule has 1 N–H and O–H groups in total. The number of rotatable bonds is 5. The van der Waals surface area contributed by atoms with Crippen molar-refractivity contribution < 1.29 is 19.1 Å². The Morgan fingerprint density at radius 1 is 1.29 bits per heavy atom. The smallest absolute Gasteiger partial charge is 0.265 e. The van der Waals surface area contributed by atoms with Crippen LogP contribution in [0.4, 0.5) is 0 Å². The molecule has 1 aromatic rings. The Morgan fingerprint density at radius 3 is 2.58 bits per heavy atom. The summed E-state index contributed by atoms with van der Waals surface area (Å²) in [6.45, 7) is 5.64. The minimum atomic E-state index is -0.541. The van der Waals surface area contributed by atoms with Gasteiger partial charge in [0.1, 0.15) is 17.1 Å². The highest BCUT2D eigenvalue weighted by molar-refractivity contribution is 7.80. The molecule has 1 aliphatic rings. The Labute approximate surface area is 145 Å². The minimum Gasteiger partial charge on any atom is -0.496 e. The van der Waals surface area contributed by atoms with Crippen LogP contribution < -0.4 is 14.8 Å². The third-order valence-electron chi connectivity index (χ3n) is 3.61. The summed E-state index contributed by atoms with van der Waals surface area (Å²) < 4.78 is 10.7. The quantitative estimate of drug-likeness (QED) is 0.381. The van der Waals surface area contributed by atoms with Crippen LogP contribution in [-0.2, 0) is 9.59 Å². The average molecular weight is 346 g/mol. The normalized spacial score (nSPS) is 16.2. The molecule has 1 aromatic carbocycles.